The number of anilines is 1. The van der Waals surface area contributed by atoms with Crippen LogP contribution in [0, 0.1) is 11.3 Å². The van der Waals surface area contributed by atoms with Gasteiger partial charge in [0.2, 0.25) is 5.91 Å². The first-order valence-electron chi connectivity index (χ1n) is 6.92. The highest BCUT2D eigenvalue weighted by atomic mass is 35.5. The third kappa shape index (κ3) is 4.25. The first kappa shape index (κ1) is 17.8. The minimum atomic E-state index is -0.433. The fourth-order valence-corrected chi connectivity index (χ4v) is 2.52. The second-order valence-electron chi connectivity index (χ2n) is 5.00. The summed E-state index contributed by atoms with van der Waals surface area (Å²) in [5.74, 6) is -0.801. The molecule has 0 aliphatic rings. The zero-order valence-electron chi connectivity index (χ0n) is 12.7. The molecule has 0 fully saturated rings. The molecule has 24 heavy (non-hydrogen) atoms. The van der Waals surface area contributed by atoms with Gasteiger partial charge in [-0.15, -0.1) is 0 Å². The van der Waals surface area contributed by atoms with E-state index in [1.807, 2.05) is 6.07 Å². The molecule has 0 radical (unpaired) electrons. The summed E-state index contributed by atoms with van der Waals surface area (Å²) in [6, 6.07) is 13.1. The van der Waals surface area contributed by atoms with Crippen LogP contribution in [0.25, 0.3) is 0 Å². The number of rotatable bonds is 4. The molecule has 7 heteroatoms. The molecular weight excluding hydrogens is 349 g/mol. The predicted octanol–water partition coefficient (Wildman–Crippen LogP) is 3.58. The van der Waals surface area contributed by atoms with Crippen LogP contribution >= 0.6 is 23.2 Å². The number of para-hydroxylation sites is 1. The Morgan fingerprint density at radius 3 is 2.42 bits per heavy atom. The first-order valence-corrected chi connectivity index (χ1v) is 7.67. The number of carbonyl (C=O) groups excluding carboxylic acids is 2. The van der Waals surface area contributed by atoms with Gasteiger partial charge >= 0.3 is 0 Å². The summed E-state index contributed by atoms with van der Waals surface area (Å²) in [6.45, 7) is -0.183. The largest absolute Gasteiger partial charge is 0.332 e. The number of benzene rings is 2. The summed E-state index contributed by atoms with van der Waals surface area (Å²) in [7, 11) is 1.50. The van der Waals surface area contributed by atoms with Gasteiger partial charge in [0, 0.05) is 12.6 Å². The number of nitriles is 1. The standard InChI is InChI=1S/C17H13Cl2N3O2/c1-22(17(24)12-5-2-4-11(8-12)9-20)10-15(23)21-16-13(18)6-3-7-14(16)19/h2-8H,10H2,1H3,(H,21,23). The average molecular weight is 362 g/mol. The maximum absolute atomic E-state index is 12.3. The smallest absolute Gasteiger partial charge is 0.254 e. The van der Waals surface area contributed by atoms with Gasteiger partial charge in [-0.2, -0.15) is 5.26 Å². The van der Waals surface area contributed by atoms with Crippen molar-refractivity contribution in [2.45, 2.75) is 0 Å². The molecule has 122 valence electrons. The van der Waals surface area contributed by atoms with Crippen molar-refractivity contribution in [1.82, 2.24) is 4.90 Å². The lowest BCUT2D eigenvalue weighted by Gasteiger charge is -2.17. The number of halogens is 2. The summed E-state index contributed by atoms with van der Waals surface area (Å²) in [4.78, 5) is 25.7. The van der Waals surface area contributed by atoms with Gasteiger partial charge in [0.05, 0.1) is 33.9 Å². The van der Waals surface area contributed by atoms with Crippen molar-refractivity contribution in [2.24, 2.45) is 0 Å². The van der Waals surface area contributed by atoms with E-state index in [0.717, 1.165) is 0 Å². The summed E-state index contributed by atoms with van der Waals surface area (Å²) in [5, 5.41) is 12.1. The third-order valence-corrected chi connectivity index (χ3v) is 3.82. The van der Waals surface area contributed by atoms with Crippen molar-refractivity contribution in [1.29, 1.82) is 5.26 Å². The number of nitrogens with zero attached hydrogens (tertiary/aromatic N) is 2. The van der Waals surface area contributed by atoms with Gasteiger partial charge in [-0.05, 0) is 30.3 Å². The van der Waals surface area contributed by atoms with Crippen molar-refractivity contribution >= 4 is 40.7 Å². The highest BCUT2D eigenvalue weighted by Crippen LogP contribution is 2.29. The Kier molecular flexibility index (Phi) is 5.80. The molecule has 0 bridgehead atoms. The number of amides is 2. The highest BCUT2D eigenvalue weighted by Gasteiger charge is 2.17. The van der Waals surface area contributed by atoms with Crippen LogP contribution in [-0.2, 0) is 4.79 Å². The summed E-state index contributed by atoms with van der Waals surface area (Å²) in [6.07, 6.45) is 0. The number of nitrogens with one attached hydrogen (secondary N) is 1. The zero-order chi connectivity index (χ0) is 17.7. The molecule has 0 spiro atoms. The van der Waals surface area contributed by atoms with Crippen LogP contribution in [0.1, 0.15) is 15.9 Å². The van der Waals surface area contributed by atoms with E-state index in [1.165, 1.54) is 18.0 Å². The second kappa shape index (κ2) is 7.82. The van der Waals surface area contributed by atoms with Crippen molar-refractivity contribution in [3.63, 3.8) is 0 Å². The van der Waals surface area contributed by atoms with E-state index >= 15 is 0 Å². The molecular formula is C17H13Cl2N3O2. The van der Waals surface area contributed by atoms with Gasteiger partial charge in [-0.1, -0.05) is 35.3 Å². The molecule has 5 nitrogen and oxygen atoms in total. The normalized spacial score (nSPS) is 9.92. The van der Waals surface area contributed by atoms with Crippen LogP contribution < -0.4 is 5.32 Å². The molecule has 2 aromatic carbocycles. The van der Waals surface area contributed by atoms with Crippen LogP contribution in [-0.4, -0.2) is 30.3 Å². The molecule has 0 aliphatic heterocycles. The fraction of sp³-hybridized carbons (Fsp3) is 0.118. The SMILES string of the molecule is CN(CC(=O)Nc1c(Cl)cccc1Cl)C(=O)c1cccc(C#N)c1. The average Bonchev–Trinajstić information content (AvgIpc) is 2.57. The Balaban J connectivity index is 2.06. The molecule has 0 aromatic heterocycles. The van der Waals surface area contributed by atoms with E-state index in [9.17, 15) is 9.59 Å². The van der Waals surface area contributed by atoms with Crippen LogP contribution in [0.3, 0.4) is 0 Å². The molecule has 0 saturated heterocycles. The quantitative estimate of drug-likeness (QED) is 0.904. The van der Waals surface area contributed by atoms with Crippen LogP contribution in [0.5, 0.6) is 0 Å². The maximum atomic E-state index is 12.3. The third-order valence-electron chi connectivity index (χ3n) is 3.19. The van der Waals surface area contributed by atoms with E-state index in [1.54, 1.807) is 36.4 Å². The van der Waals surface area contributed by atoms with E-state index in [2.05, 4.69) is 5.32 Å². The van der Waals surface area contributed by atoms with Gasteiger partial charge in [-0.3, -0.25) is 9.59 Å². The number of likely N-dealkylation sites (N-methyl/N-ethyl adjacent to an activating group) is 1. The molecule has 0 atom stereocenters. The lowest BCUT2D eigenvalue weighted by atomic mass is 10.1. The highest BCUT2D eigenvalue weighted by molar-refractivity contribution is 6.39. The van der Waals surface area contributed by atoms with Gasteiger partial charge in [0.15, 0.2) is 0 Å². The minimum Gasteiger partial charge on any atom is -0.332 e. The topological polar surface area (TPSA) is 73.2 Å². The molecule has 0 aliphatic carbocycles. The zero-order valence-corrected chi connectivity index (χ0v) is 14.2. The Morgan fingerprint density at radius 1 is 1.17 bits per heavy atom. The van der Waals surface area contributed by atoms with Gasteiger partial charge < -0.3 is 10.2 Å². The van der Waals surface area contributed by atoms with E-state index in [-0.39, 0.29) is 12.5 Å². The summed E-state index contributed by atoms with van der Waals surface area (Å²) >= 11 is 12.0. The fourth-order valence-electron chi connectivity index (χ4n) is 2.03. The summed E-state index contributed by atoms with van der Waals surface area (Å²) in [5.41, 5.74) is 1.01. The van der Waals surface area contributed by atoms with Crippen molar-refractivity contribution in [2.75, 3.05) is 18.9 Å². The van der Waals surface area contributed by atoms with E-state index in [0.29, 0.717) is 26.9 Å². The number of hydrogen-bond donors (Lipinski definition) is 1. The molecule has 0 heterocycles. The van der Waals surface area contributed by atoms with Gasteiger partial charge in [0.1, 0.15) is 0 Å². The molecule has 0 saturated carbocycles. The Bertz CT molecular complexity index is 811. The van der Waals surface area contributed by atoms with Crippen LogP contribution in [0.4, 0.5) is 5.69 Å². The Morgan fingerprint density at radius 2 is 1.79 bits per heavy atom. The van der Waals surface area contributed by atoms with E-state index in [4.69, 9.17) is 28.5 Å². The van der Waals surface area contributed by atoms with Crippen molar-refractivity contribution < 1.29 is 9.59 Å². The minimum absolute atomic E-state index is 0.183. The molecule has 2 amide bonds. The first-order chi connectivity index (χ1) is 11.4. The maximum Gasteiger partial charge on any atom is 0.254 e. The molecule has 1 N–H and O–H groups in total. The lowest BCUT2D eigenvalue weighted by molar-refractivity contribution is -0.116. The monoisotopic (exact) mass is 361 g/mol. The molecule has 2 rings (SSSR count). The number of hydrogen-bond acceptors (Lipinski definition) is 3. The van der Waals surface area contributed by atoms with Gasteiger partial charge in [-0.25, -0.2) is 0 Å². The molecule has 0 unspecified atom stereocenters. The predicted molar refractivity (Wildman–Crippen MR) is 93.2 cm³/mol. The Labute approximate surface area is 149 Å². The number of carbonyl (C=O) groups is 2. The second-order valence-corrected chi connectivity index (χ2v) is 5.81. The van der Waals surface area contributed by atoms with Crippen molar-refractivity contribution in [3.8, 4) is 6.07 Å². The van der Waals surface area contributed by atoms with Crippen molar-refractivity contribution in [3.05, 3.63) is 63.6 Å². The van der Waals surface area contributed by atoms with Gasteiger partial charge in [0.25, 0.3) is 5.91 Å². The van der Waals surface area contributed by atoms with E-state index < -0.39 is 5.91 Å². The lowest BCUT2D eigenvalue weighted by Crippen LogP contribution is -2.35. The molecule has 2 aromatic rings. The van der Waals surface area contributed by atoms with Crippen LogP contribution in [0.2, 0.25) is 10.0 Å². The summed E-state index contributed by atoms with van der Waals surface area (Å²) < 4.78 is 0. The van der Waals surface area contributed by atoms with Crippen LogP contribution in [0.15, 0.2) is 42.5 Å². The Hall–Kier alpha value is -2.55.